The van der Waals surface area contributed by atoms with Crippen LogP contribution in [0.15, 0.2) is 0 Å². The minimum atomic E-state index is -1.19. The Labute approximate surface area is 79.7 Å². The molecule has 0 radical (unpaired) electrons. The van der Waals surface area contributed by atoms with Gasteiger partial charge in [-0.3, -0.25) is 14.9 Å². The van der Waals surface area contributed by atoms with E-state index in [1.807, 2.05) is 0 Å². The summed E-state index contributed by atoms with van der Waals surface area (Å²) in [5.41, 5.74) is -1.19. The van der Waals surface area contributed by atoms with Crippen molar-refractivity contribution in [1.82, 2.24) is 10.6 Å². The van der Waals surface area contributed by atoms with E-state index in [9.17, 15) is 14.4 Å². The van der Waals surface area contributed by atoms with Crippen LogP contribution in [0, 0.1) is 5.92 Å². The van der Waals surface area contributed by atoms with Gasteiger partial charge >= 0.3 is 12.0 Å². The van der Waals surface area contributed by atoms with E-state index in [0.29, 0.717) is 19.3 Å². The Bertz CT molecular complexity index is 327. The quantitative estimate of drug-likeness (QED) is 0.492. The molecule has 6 nitrogen and oxygen atoms in total. The Hall–Kier alpha value is -1.59. The van der Waals surface area contributed by atoms with Crippen molar-refractivity contribution in [2.45, 2.75) is 24.8 Å². The second-order valence-corrected chi connectivity index (χ2v) is 3.66. The summed E-state index contributed by atoms with van der Waals surface area (Å²) in [4.78, 5) is 33.3. The SMILES string of the molecule is O=C1NC(=O)C2(CCCC2C(=O)O)N1. The molecule has 0 aromatic heterocycles. The van der Waals surface area contributed by atoms with E-state index in [0.717, 1.165) is 0 Å². The Balaban J connectivity index is 2.34. The predicted octanol–water partition coefficient (Wildman–Crippen LogP) is -0.551. The zero-order valence-electron chi connectivity index (χ0n) is 7.37. The van der Waals surface area contributed by atoms with Crippen LogP contribution in [0.1, 0.15) is 19.3 Å². The fourth-order valence-corrected chi connectivity index (χ4v) is 2.27. The number of imide groups is 1. The number of carbonyl (C=O) groups is 3. The first-order valence-electron chi connectivity index (χ1n) is 4.43. The number of nitrogens with one attached hydrogen (secondary N) is 2. The van der Waals surface area contributed by atoms with Crippen molar-refractivity contribution in [3.63, 3.8) is 0 Å². The minimum Gasteiger partial charge on any atom is -0.481 e. The largest absolute Gasteiger partial charge is 0.481 e. The highest BCUT2D eigenvalue weighted by molar-refractivity contribution is 6.09. The van der Waals surface area contributed by atoms with E-state index in [-0.39, 0.29) is 0 Å². The summed E-state index contributed by atoms with van der Waals surface area (Å²) in [6.45, 7) is 0. The molecule has 1 heterocycles. The van der Waals surface area contributed by atoms with Crippen molar-refractivity contribution in [3.8, 4) is 0 Å². The van der Waals surface area contributed by atoms with Crippen molar-refractivity contribution in [1.29, 1.82) is 0 Å². The number of carboxylic acids is 1. The summed E-state index contributed by atoms with van der Waals surface area (Å²) in [6, 6.07) is -0.594. The van der Waals surface area contributed by atoms with Gasteiger partial charge in [-0.05, 0) is 19.3 Å². The lowest BCUT2D eigenvalue weighted by atomic mass is 9.87. The van der Waals surface area contributed by atoms with Gasteiger partial charge in [0.05, 0.1) is 5.92 Å². The smallest absolute Gasteiger partial charge is 0.322 e. The molecule has 2 fully saturated rings. The highest BCUT2D eigenvalue weighted by Crippen LogP contribution is 2.37. The number of amides is 3. The lowest BCUT2D eigenvalue weighted by Gasteiger charge is -2.24. The van der Waals surface area contributed by atoms with Crippen LogP contribution in [0.5, 0.6) is 0 Å². The molecule has 0 bridgehead atoms. The Morgan fingerprint density at radius 3 is 2.71 bits per heavy atom. The number of hydrogen-bond donors (Lipinski definition) is 3. The molecule has 1 aliphatic heterocycles. The third-order valence-electron chi connectivity index (χ3n) is 2.93. The summed E-state index contributed by atoms with van der Waals surface area (Å²) >= 11 is 0. The lowest BCUT2D eigenvalue weighted by Crippen LogP contribution is -2.52. The van der Waals surface area contributed by atoms with Gasteiger partial charge in [-0.15, -0.1) is 0 Å². The number of carbonyl (C=O) groups excluding carboxylic acids is 2. The van der Waals surface area contributed by atoms with E-state index in [4.69, 9.17) is 5.11 Å². The number of carboxylic acid groups (broad SMARTS) is 1. The summed E-state index contributed by atoms with van der Waals surface area (Å²) < 4.78 is 0. The third kappa shape index (κ3) is 0.997. The van der Waals surface area contributed by atoms with Gasteiger partial charge in [0, 0.05) is 0 Å². The summed E-state index contributed by atoms with van der Waals surface area (Å²) in [7, 11) is 0. The predicted molar refractivity (Wildman–Crippen MR) is 44.4 cm³/mol. The van der Waals surface area contributed by atoms with Crippen molar-refractivity contribution < 1.29 is 19.5 Å². The van der Waals surface area contributed by atoms with Gasteiger partial charge in [-0.1, -0.05) is 0 Å². The average molecular weight is 198 g/mol. The molecular formula is C8H10N2O4. The van der Waals surface area contributed by atoms with Crippen LogP contribution in [0.2, 0.25) is 0 Å². The molecule has 1 aliphatic carbocycles. The first-order valence-corrected chi connectivity index (χ1v) is 4.43. The maximum atomic E-state index is 11.5. The maximum absolute atomic E-state index is 11.5. The van der Waals surface area contributed by atoms with E-state index in [1.165, 1.54) is 0 Å². The van der Waals surface area contributed by atoms with Crippen molar-refractivity contribution >= 4 is 17.9 Å². The second-order valence-electron chi connectivity index (χ2n) is 3.66. The summed E-state index contributed by atoms with van der Waals surface area (Å²) in [6.07, 6.45) is 1.48. The van der Waals surface area contributed by atoms with Crippen LogP contribution in [0.3, 0.4) is 0 Å². The van der Waals surface area contributed by atoms with Crippen molar-refractivity contribution in [2.24, 2.45) is 5.92 Å². The molecule has 2 aliphatic rings. The highest BCUT2D eigenvalue weighted by Gasteiger charge is 2.57. The molecule has 1 saturated carbocycles. The Kier molecular flexibility index (Phi) is 1.73. The normalized spacial score (nSPS) is 35.9. The van der Waals surface area contributed by atoms with Gasteiger partial charge in [0.2, 0.25) is 0 Å². The van der Waals surface area contributed by atoms with Crippen LogP contribution in [-0.4, -0.2) is 28.6 Å². The highest BCUT2D eigenvalue weighted by atomic mass is 16.4. The van der Waals surface area contributed by atoms with Crippen LogP contribution < -0.4 is 10.6 Å². The molecule has 0 aromatic carbocycles. The van der Waals surface area contributed by atoms with Crippen LogP contribution in [-0.2, 0) is 9.59 Å². The van der Waals surface area contributed by atoms with E-state index in [2.05, 4.69) is 10.6 Å². The fourth-order valence-electron chi connectivity index (χ4n) is 2.27. The van der Waals surface area contributed by atoms with Gasteiger partial charge in [0.15, 0.2) is 0 Å². The molecule has 3 amide bonds. The molecule has 0 aromatic rings. The molecule has 76 valence electrons. The van der Waals surface area contributed by atoms with Gasteiger partial charge in [-0.25, -0.2) is 4.79 Å². The second kappa shape index (κ2) is 2.70. The third-order valence-corrected chi connectivity index (χ3v) is 2.93. The summed E-state index contributed by atoms with van der Waals surface area (Å²) in [5, 5.41) is 13.4. The first kappa shape index (κ1) is 8.98. The zero-order valence-corrected chi connectivity index (χ0v) is 7.37. The zero-order chi connectivity index (χ0) is 10.3. The standard InChI is InChI=1S/C8H10N2O4/c11-5(12)4-2-1-3-8(4)6(13)9-7(14)10-8/h4H,1-3H2,(H,11,12)(H2,9,10,13,14). The van der Waals surface area contributed by atoms with E-state index < -0.39 is 29.4 Å². The molecule has 1 spiro atoms. The molecule has 1 saturated heterocycles. The molecule has 3 N–H and O–H groups in total. The number of rotatable bonds is 1. The van der Waals surface area contributed by atoms with Gasteiger partial charge in [-0.2, -0.15) is 0 Å². The fraction of sp³-hybridized carbons (Fsp3) is 0.625. The molecule has 2 atom stereocenters. The van der Waals surface area contributed by atoms with Crippen LogP contribution >= 0.6 is 0 Å². The molecular weight excluding hydrogens is 188 g/mol. The van der Waals surface area contributed by atoms with E-state index in [1.54, 1.807) is 0 Å². The summed E-state index contributed by atoms with van der Waals surface area (Å²) in [5.74, 6) is -2.33. The monoisotopic (exact) mass is 198 g/mol. The van der Waals surface area contributed by atoms with Crippen molar-refractivity contribution in [2.75, 3.05) is 0 Å². The van der Waals surface area contributed by atoms with Gasteiger partial charge in [0.1, 0.15) is 5.54 Å². The Morgan fingerprint density at radius 2 is 2.21 bits per heavy atom. The van der Waals surface area contributed by atoms with Gasteiger partial charge < -0.3 is 10.4 Å². The van der Waals surface area contributed by atoms with Gasteiger partial charge in [0.25, 0.3) is 5.91 Å². The molecule has 14 heavy (non-hydrogen) atoms. The van der Waals surface area contributed by atoms with E-state index >= 15 is 0 Å². The minimum absolute atomic E-state index is 0.404. The molecule has 2 rings (SSSR count). The van der Waals surface area contributed by atoms with Crippen LogP contribution in [0.25, 0.3) is 0 Å². The number of hydrogen-bond acceptors (Lipinski definition) is 3. The number of aliphatic carboxylic acids is 1. The average Bonchev–Trinajstić information content (AvgIpc) is 2.59. The number of urea groups is 1. The molecule has 2 unspecified atom stereocenters. The first-order chi connectivity index (χ1) is 6.56. The van der Waals surface area contributed by atoms with Crippen molar-refractivity contribution in [3.05, 3.63) is 0 Å². The molecule has 6 heteroatoms. The van der Waals surface area contributed by atoms with Crippen LogP contribution in [0.4, 0.5) is 4.79 Å². The maximum Gasteiger partial charge on any atom is 0.322 e. The lowest BCUT2D eigenvalue weighted by molar-refractivity contribution is -0.146. The topological polar surface area (TPSA) is 95.5 Å². The Morgan fingerprint density at radius 1 is 1.50 bits per heavy atom.